The van der Waals surface area contributed by atoms with Gasteiger partial charge in [-0.25, -0.2) is 0 Å². The summed E-state index contributed by atoms with van der Waals surface area (Å²) in [5, 5.41) is 7.61. The van der Waals surface area contributed by atoms with Gasteiger partial charge < -0.3 is 9.84 Å². The first-order valence-electron chi connectivity index (χ1n) is 7.25. The summed E-state index contributed by atoms with van der Waals surface area (Å²) < 4.78 is 5.41. The van der Waals surface area contributed by atoms with Crippen molar-refractivity contribution in [2.75, 3.05) is 6.54 Å². The molecule has 5 heteroatoms. The van der Waals surface area contributed by atoms with Crippen LogP contribution in [-0.2, 0) is 6.42 Å². The van der Waals surface area contributed by atoms with E-state index in [2.05, 4.69) is 27.4 Å². The van der Waals surface area contributed by atoms with Crippen LogP contribution in [0.5, 0.6) is 0 Å². The van der Waals surface area contributed by atoms with E-state index < -0.39 is 0 Å². The molecule has 0 radical (unpaired) electrons. The summed E-state index contributed by atoms with van der Waals surface area (Å²) in [7, 11) is 0. The molecule has 0 spiro atoms. The summed E-state index contributed by atoms with van der Waals surface area (Å²) in [5.41, 5.74) is 2.05. The fraction of sp³-hybridized carbons (Fsp3) is 0.533. The first-order chi connectivity index (χ1) is 9.78. The average Bonchev–Trinajstić information content (AvgIpc) is 3.20. The average molecular weight is 272 g/mol. The maximum absolute atomic E-state index is 5.41. The molecule has 1 atom stereocenters. The summed E-state index contributed by atoms with van der Waals surface area (Å²) >= 11 is 0. The Bertz CT molecular complexity index is 577. The second kappa shape index (κ2) is 5.71. The van der Waals surface area contributed by atoms with Crippen LogP contribution in [0.25, 0.3) is 11.4 Å². The monoisotopic (exact) mass is 272 g/mol. The summed E-state index contributed by atoms with van der Waals surface area (Å²) in [6.45, 7) is 5.12. The molecule has 2 aromatic rings. The van der Waals surface area contributed by atoms with Crippen molar-refractivity contribution in [3.8, 4) is 11.4 Å². The van der Waals surface area contributed by atoms with Gasteiger partial charge in [-0.15, -0.1) is 0 Å². The Kier molecular flexibility index (Phi) is 3.78. The fourth-order valence-corrected chi connectivity index (χ4v) is 2.53. The van der Waals surface area contributed by atoms with Crippen molar-refractivity contribution in [1.82, 2.24) is 20.4 Å². The number of nitrogens with zero attached hydrogens (tertiary/aromatic N) is 3. The van der Waals surface area contributed by atoms with E-state index in [1.165, 1.54) is 12.8 Å². The molecule has 1 N–H and O–H groups in total. The molecular weight excluding hydrogens is 252 g/mol. The molecule has 20 heavy (non-hydrogen) atoms. The maximum Gasteiger partial charge on any atom is 0.228 e. The number of nitrogens with one attached hydrogen (secondary N) is 1. The topological polar surface area (TPSA) is 63.8 Å². The van der Waals surface area contributed by atoms with Crippen LogP contribution in [0.1, 0.15) is 31.2 Å². The largest absolute Gasteiger partial charge is 0.339 e. The highest BCUT2D eigenvalue weighted by molar-refractivity contribution is 5.57. The first-order valence-corrected chi connectivity index (χ1v) is 7.25. The molecule has 0 aliphatic heterocycles. The van der Waals surface area contributed by atoms with E-state index in [1.807, 2.05) is 19.2 Å². The molecule has 3 rings (SSSR count). The van der Waals surface area contributed by atoms with Gasteiger partial charge in [0.25, 0.3) is 0 Å². The lowest BCUT2D eigenvalue weighted by atomic mass is 10.1. The SMILES string of the molecule is CCNC(Cc1nc(-c2ccncc2C)no1)C1CC1. The Morgan fingerprint density at radius 3 is 3.00 bits per heavy atom. The number of hydrogen-bond donors (Lipinski definition) is 1. The molecule has 106 valence electrons. The zero-order valence-electron chi connectivity index (χ0n) is 12.0. The minimum Gasteiger partial charge on any atom is -0.339 e. The van der Waals surface area contributed by atoms with Gasteiger partial charge in [0, 0.05) is 30.4 Å². The van der Waals surface area contributed by atoms with E-state index in [0.717, 1.165) is 30.0 Å². The molecule has 0 bridgehead atoms. The Hall–Kier alpha value is -1.75. The van der Waals surface area contributed by atoms with E-state index in [-0.39, 0.29) is 0 Å². The third kappa shape index (κ3) is 2.88. The lowest BCUT2D eigenvalue weighted by Gasteiger charge is -2.14. The van der Waals surface area contributed by atoms with Gasteiger partial charge in [-0.05, 0) is 43.9 Å². The van der Waals surface area contributed by atoms with Crippen molar-refractivity contribution in [2.45, 2.75) is 39.2 Å². The van der Waals surface area contributed by atoms with Gasteiger partial charge >= 0.3 is 0 Å². The number of rotatable bonds is 6. The van der Waals surface area contributed by atoms with Crippen molar-refractivity contribution in [2.24, 2.45) is 5.92 Å². The van der Waals surface area contributed by atoms with Crippen LogP contribution >= 0.6 is 0 Å². The lowest BCUT2D eigenvalue weighted by Crippen LogP contribution is -2.33. The summed E-state index contributed by atoms with van der Waals surface area (Å²) in [6, 6.07) is 2.39. The quantitative estimate of drug-likeness (QED) is 0.874. The highest BCUT2D eigenvalue weighted by Gasteiger charge is 2.32. The molecule has 5 nitrogen and oxygen atoms in total. The molecule has 1 aliphatic rings. The maximum atomic E-state index is 5.41. The molecule has 0 saturated heterocycles. The van der Waals surface area contributed by atoms with E-state index in [4.69, 9.17) is 4.52 Å². The van der Waals surface area contributed by atoms with Gasteiger partial charge in [-0.2, -0.15) is 4.98 Å². The zero-order valence-corrected chi connectivity index (χ0v) is 12.0. The van der Waals surface area contributed by atoms with Crippen molar-refractivity contribution in [3.63, 3.8) is 0 Å². The Morgan fingerprint density at radius 2 is 2.30 bits per heavy atom. The number of aromatic nitrogens is 3. The predicted molar refractivity (Wildman–Crippen MR) is 76.2 cm³/mol. The molecule has 1 unspecified atom stereocenters. The Labute approximate surface area is 118 Å². The van der Waals surface area contributed by atoms with Crippen molar-refractivity contribution < 1.29 is 4.52 Å². The standard InChI is InChI=1S/C15H20N4O/c1-3-17-13(11-4-5-11)8-14-18-15(19-20-14)12-6-7-16-9-10(12)2/h6-7,9,11,13,17H,3-5,8H2,1-2H3. The van der Waals surface area contributed by atoms with Crippen molar-refractivity contribution in [3.05, 3.63) is 29.9 Å². The van der Waals surface area contributed by atoms with Gasteiger partial charge in [0.2, 0.25) is 11.7 Å². The van der Waals surface area contributed by atoms with E-state index in [9.17, 15) is 0 Å². The van der Waals surface area contributed by atoms with E-state index in [1.54, 1.807) is 6.20 Å². The fourth-order valence-electron chi connectivity index (χ4n) is 2.53. The van der Waals surface area contributed by atoms with Crippen LogP contribution < -0.4 is 5.32 Å². The van der Waals surface area contributed by atoms with Gasteiger partial charge in [0.15, 0.2) is 0 Å². The molecule has 1 fully saturated rings. The second-order valence-corrected chi connectivity index (χ2v) is 5.41. The minimum atomic E-state index is 0.465. The van der Waals surface area contributed by atoms with E-state index in [0.29, 0.717) is 17.8 Å². The van der Waals surface area contributed by atoms with Crippen LogP contribution in [-0.4, -0.2) is 27.7 Å². The van der Waals surface area contributed by atoms with Crippen molar-refractivity contribution in [1.29, 1.82) is 0 Å². The van der Waals surface area contributed by atoms with Gasteiger partial charge in [0.1, 0.15) is 0 Å². The lowest BCUT2D eigenvalue weighted by molar-refractivity contribution is 0.348. The van der Waals surface area contributed by atoms with Gasteiger partial charge in [0.05, 0.1) is 0 Å². The summed E-state index contributed by atoms with van der Waals surface area (Å²) in [5.74, 6) is 2.15. The van der Waals surface area contributed by atoms with Crippen LogP contribution in [0, 0.1) is 12.8 Å². The second-order valence-electron chi connectivity index (χ2n) is 5.41. The third-order valence-electron chi connectivity index (χ3n) is 3.78. The molecule has 0 aromatic carbocycles. The highest BCUT2D eigenvalue weighted by atomic mass is 16.5. The zero-order chi connectivity index (χ0) is 13.9. The molecule has 1 saturated carbocycles. The predicted octanol–water partition coefficient (Wildman–Crippen LogP) is 2.37. The Balaban J connectivity index is 1.75. The molecular formula is C15H20N4O. The van der Waals surface area contributed by atoms with Crippen molar-refractivity contribution >= 4 is 0 Å². The normalized spacial score (nSPS) is 16.3. The van der Waals surface area contributed by atoms with Gasteiger partial charge in [-0.1, -0.05) is 12.1 Å². The number of pyridine rings is 1. The highest BCUT2D eigenvalue weighted by Crippen LogP contribution is 2.34. The van der Waals surface area contributed by atoms with Crippen LogP contribution in [0.2, 0.25) is 0 Å². The third-order valence-corrected chi connectivity index (χ3v) is 3.78. The Morgan fingerprint density at radius 1 is 1.45 bits per heavy atom. The molecule has 2 heterocycles. The van der Waals surface area contributed by atoms with Crippen LogP contribution in [0.15, 0.2) is 23.0 Å². The number of likely N-dealkylation sites (N-methyl/N-ethyl adjacent to an activating group) is 1. The molecule has 1 aliphatic carbocycles. The van der Waals surface area contributed by atoms with Crippen LogP contribution in [0.4, 0.5) is 0 Å². The smallest absolute Gasteiger partial charge is 0.228 e. The summed E-state index contributed by atoms with van der Waals surface area (Å²) in [6.07, 6.45) is 7.00. The van der Waals surface area contributed by atoms with Crippen LogP contribution in [0.3, 0.4) is 0 Å². The summed E-state index contributed by atoms with van der Waals surface area (Å²) in [4.78, 5) is 8.61. The first kappa shape index (κ1) is 13.2. The van der Waals surface area contributed by atoms with E-state index >= 15 is 0 Å². The molecule has 0 amide bonds. The molecule has 2 aromatic heterocycles. The van der Waals surface area contributed by atoms with Gasteiger partial charge in [-0.3, -0.25) is 4.98 Å². The number of aryl methyl sites for hydroxylation is 1. The minimum absolute atomic E-state index is 0.465. The number of hydrogen-bond acceptors (Lipinski definition) is 5.